The Morgan fingerprint density at radius 2 is 1.68 bits per heavy atom. The molecule has 1 fully saturated rings. The topological polar surface area (TPSA) is 75.0 Å². The second-order valence-corrected chi connectivity index (χ2v) is 9.06. The van der Waals surface area contributed by atoms with Crippen LogP contribution in [0.25, 0.3) is 11.0 Å². The van der Waals surface area contributed by atoms with Crippen LogP contribution in [0, 0.1) is 20.8 Å². The Morgan fingerprint density at radius 1 is 1.00 bits per heavy atom. The van der Waals surface area contributed by atoms with E-state index >= 15 is 0 Å². The predicted molar refractivity (Wildman–Crippen MR) is 135 cm³/mol. The lowest BCUT2D eigenvalue weighted by molar-refractivity contribution is -0.117. The number of piperazine rings is 1. The van der Waals surface area contributed by atoms with Crippen molar-refractivity contribution < 1.29 is 13.9 Å². The van der Waals surface area contributed by atoms with Crippen molar-refractivity contribution in [2.75, 3.05) is 44.6 Å². The molecule has 0 unspecified atom stereocenters. The van der Waals surface area contributed by atoms with Crippen LogP contribution >= 0.6 is 0 Å². The number of hydrogen-bond donors (Lipinski definition) is 1. The summed E-state index contributed by atoms with van der Waals surface area (Å²) in [6.45, 7) is 12.9. The Hall–Kier alpha value is -3.16. The van der Waals surface area contributed by atoms with Gasteiger partial charge in [0.2, 0.25) is 5.91 Å². The summed E-state index contributed by atoms with van der Waals surface area (Å²) in [4.78, 5) is 29.3. The molecule has 1 aromatic heterocycles. The van der Waals surface area contributed by atoms with Crippen LogP contribution in [-0.4, -0.2) is 55.0 Å². The van der Waals surface area contributed by atoms with Crippen molar-refractivity contribution in [1.82, 2.24) is 9.80 Å². The van der Waals surface area contributed by atoms with Gasteiger partial charge in [0.1, 0.15) is 11.3 Å². The van der Waals surface area contributed by atoms with Gasteiger partial charge >= 0.3 is 5.63 Å². The summed E-state index contributed by atoms with van der Waals surface area (Å²) < 4.78 is 11.0. The van der Waals surface area contributed by atoms with E-state index in [0.29, 0.717) is 25.3 Å². The highest BCUT2D eigenvalue weighted by Crippen LogP contribution is 2.25. The largest absolute Gasteiger partial charge is 0.494 e. The van der Waals surface area contributed by atoms with Gasteiger partial charge in [-0.2, -0.15) is 0 Å². The number of nitrogens with zero attached hydrogens (tertiary/aromatic N) is 2. The third kappa shape index (κ3) is 5.66. The zero-order chi connectivity index (χ0) is 24.2. The molecule has 0 saturated carbocycles. The van der Waals surface area contributed by atoms with Crippen LogP contribution in [0.3, 0.4) is 0 Å². The van der Waals surface area contributed by atoms with Crippen LogP contribution in [0.1, 0.15) is 29.2 Å². The number of rotatable bonds is 7. The molecule has 1 amide bonds. The molecule has 1 aliphatic heterocycles. The average Bonchev–Trinajstić information content (AvgIpc) is 2.78. The zero-order valence-corrected chi connectivity index (χ0v) is 20.4. The SMILES string of the molecule is CCOc1ccc2oc(=O)cc(CN3CCN(CC(=O)Nc4c(C)cc(C)cc4C)CC3)c2c1. The van der Waals surface area contributed by atoms with Crippen LogP contribution in [0.2, 0.25) is 0 Å². The second-order valence-electron chi connectivity index (χ2n) is 9.06. The minimum Gasteiger partial charge on any atom is -0.494 e. The molecule has 3 aromatic rings. The number of nitrogens with one attached hydrogen (secondary N) is 1. The maximum absolute atomic E-state index is 12.7. The standard InChI is InChI=1S/C27H33N3O4/c1-5-33-22-6-7-24-23(15-22)21(14-26(32)34-24)16-29-8-10-30(11-9-29)17-25(31)28-27-19(3)12-18(2)13-20(27)4/h6-7,12-15H,5,8-11,16-17H2,1-4H3,(H,28,31). The number of hydrogen-bond acceptors (Lipinski definition) is 6. The third-order valence-corrected chi connectivity index (χ3v) is 6.28. The molecule has 4 rings (SSSR count). The van der Waals surface area contributed by atoms with E-state index in [2.05, 4.69) is 34.2 Å². The van der Waals surface area contributed by atoms with Gasteiger partial charge in [0.05, 0.1) is 13.2 Å². The molecule has 7 nitrogen and oxygen atoms in total. The van der Waals surface area contributed by atoms with Gasteiger partial charge in [0.15, 0.2) is 0 Å². The van der Waals surface area contributed by atoms with E-state index < -0.39 is 0 Å². The van der Waals surface area contributed by atoms with Crippen molar-refractivity contribution in [1.29, 1.82) is 0 Å². The molecule has 0 radical (unpaired) electrons. The summed E-state index contributed by atoms with van der Waals surface area (Å²) in [7, 11) is 0. The fraction of sp³-hybridized carbons (Fsp3) is 0.407. The van der Waals surface area contributed by atoms with Gasteiger partial charge in [-0.25, -0.2) is 4.79 Å². The lowest BCUT2D eigenvalue weighted by Gasteiger charge is -2.34. The summed E-state index contributed by atoms with van der Waals surface area (Å²) in [5, 5.41) is 3.99. The Balaban J connectivity index is 1.36. The molecule has 0 atom stereocenters. The summed E-state index contributed by atoms with van der Waals surface area (Å²) in [6.07, 6.45) is 0. The molecular formula is C27H33N3O4. The molecule has 180 valence electrons. The summed E-state index contributed by atoms with van der Waals surface area (Å²) in [6, 6.07) is 11.3. The number of aryl methyl sites for hydroxylation is 3. The van der Waals surface area contributed by atoms with Crippen LogP contribution < -0.4 is 15.7 Å². The van der Waals surface area contributed by atoms with Gasteiger partial charge in [0.25, 0.3) is 0 Å². The van der Waals surface area contributed by atoms with Crippen molar-refractivity contribution in [3.63, 3.8) is 0 Å². The van der Waals surface area contributed by atoms with E-state index in [-0.39, 0.29) is 11.5 Å². The zero-order valence-electron chi connectivity index (χ0n) is 20.4. The molecule has 34 heavy (non-hydrogen) atoms. The number of ether oxygens (including phenoxy) is 1. The van der Waals surface area contributed by atoms with Gasteiger partial charge < -0.3 is 14.5 Å². The minimum absolute atomic E-state index is 0.0126. The van der Waals surface area contributed by atoms with Crippen molar-refractivity contribution in [2.45, 2.75) is 34.2 Å². The maximum atomic E-state index is 12.7. The Labute approximate surface area is 200 Å². The monoisotopic (exact) mass is 463 g/mol. The molecule has 0 aliphatic carbocycles. The highest BCUT2D eigenvalue weighted by Gasteiger charge is 2.21. The average molecular weight is 464 g/mol. The summed E-state index contributed by atoms with van der Waals surface area (Å²) >= 11 is 0. The molecular weight excluding hydrogens is 430 g/mol. The van der Waals surface area contributed by atoms with Crippen LogP contribution in [0.5, 0.6) is 5.75 Å². The number of carbonyl (C=O) groups excluding carboxylic acids is 1. The van der Waals surface area contributed by atoms with E-state index in [0.717, 1.165) is 59.7 Å². The van der Waals surface area contributed by atoms with E-state index in [9.17, 15) is 9.59 Å². The van der Waals surface area contributed by atoms with Crippen molar-refractivity contribution in [2.24, 2.45) is 0 Å². The summed E-state index contributed by atoms with van der Waals surface area (Å²) in [5.74, 6) is 0.776. The van der Waals surface area contributed by atoms with Crippen LogP contribution in [-0.2, 0) is 11.3 Å². The Bertz CT molecular complexity index is 1220. The van der Waals surface area contributed by atoms with Gasteiger partial charge in [-0.1, -0.05) is 17.7 Å². The number of fused-ring (bicyclic) bond motifs is 1. The molecule has 2 aromatic carbocycles. The lowest BCUT2D eigenvalue weighted by Crippen LogP contribution is -2.48. The number of benzene rings is 2. The van der Waals surface area contributed by atoms with Gasteiger partial charge in [0, 0.05) is 49.9 Å². The number of carbonyl (C=O) groups is 1. The number of amides is 1. The van der Waals surface area contributed by atoms with Gasteiger partial charge in [-0.3, -0.25) is 14.6 Å². The molecule has 7 heteroatoms. The van der Waals surface area contributed by atoms with Crippen molar-refractivity contribution in [3.8, 4) is 5.75 Å². The van der Waals surface area contributed by atoms with E-state index in [1.807, 2.05) is 32.9 Å². The minimum atomic E-state index is -0.344. The highest BCUT2D eigenvalue weighted by atomic mass is 16.5. The fourth-order valence-electron chi connectivity index (χ4n) is 4.70. The van der Waals surface area contributed by atoms with Crippen molar-refractivity contribution >= 4 is 22.6 Å². The first-order chi connectivity index (χ1) is 16.3. The molecule has 2 heterocycles. The third-order valence-electron chi connectivity index (χ3n) is 6.28. The van der Waals surface area contributed by atoms with Crippen LogP contribution in [0.15, 0.2) is 45.6 Å². The van der Waals surface area contributed by atoms with E-state index in [1.54, 1.807) is 12.1 Å². The van der Waals surface area contributed by atoms with E-state index in [4.69, 9.17) is 9.15 Å². The van der Waals surface area contributed by atoms with E-state index in [1.165, 1.54) is 5.56 Å². The first-order valence-corrected chi connectivity index (χ1v) is 11.8. The molecule has 1 saturated heterocycles. The first kappa shape index (κ1) is 24.0. The smallest absolute Gasteiger partial charge is 0.336 e. The molecule has 0 spiro atoms. The maximum Gasteiger partial charge on any atom is 0.336 e. The number of anilines is 1. The summed E-state index contributed by atoms with van der Waals surface area (Å²) in [5.41, 5.74) is 5.44. The molecule has 1 aliphatic rings. The van der Waals surface area contributed by atoms with Crippen molar-refractivity contribution in [3.05, 3.63) is 69.1 Å². The fourth-order valence-corrected chi connectivity index (χ4v) is 4.70. The predicted octanol–water partition coefficient (Wildman–Crippen LogP) is 3.87. The lowest BCUT2D eigenvalue weighted by atomic mass is 10.1. The molecule has 1 N–H and O–H groups in total. The highest BCUT2D eigenvalue weighted by molar-refractivity contribution is 5.93. The quantitative estimate of drug-likeness (QED) is 0.536. The Morgan fingerprint density at radius 3 is 2.35 bits per heavy atom. The normalized spacial score (nSPS) is 14.9. The van der Waals surface area contributed by atoms with Crippen LogP contribution in [0.4, 0.5) is 5.69 Å². The second kappa shape index (κ2) is 10.4. The first-order valence-electron chi connectivity index (χ1n) is 11.8. The van der Waals surface area contributed by atoms with Gasteiger partial charge in [-0.05, 0) is 62.6 Å². The van der Waals surface area contributed by atoms with Gasteiger partial charge in [-0.15, -0.1) is 0 Å². The Kier molecular flexibility index (Phi) is 7.34. The molecule has 0 bridgehead atoms.